The Morgan fingerprint density at radius 2 is 1.94 bits per heavy atom. The van der Waals surface area contributed by atoms with Crippen molar-refractivity contribution in [2.45, 2.75) is 33.6 Å². The van der Waals surface area contributed by atoms with Crippen LogP contribution < -0.4 is 5.32 Å². The van der Waals surface area contributed by atoms with Gasteiger partial charge in [-0.3, -0.25) is 0 Å². The molecule has 0 radical (unpaired) electrons. The van der Waals surface area contributed by atoms with Crippen molar-refractivity contribution in [3.8, 4) is 0 Å². The van der Waals surface area contributed by atoms with E-state index in [-0.39, 0.29) is 5.41 Å². The summed E-state index contributed by atoms with van der Waals surface area (Å²) in [5.41, 5.74) is 0.600. The van der Waals surface area contributed by atoms with Gasteiger partial charge in [0.2, 0.25) is 0 Å². The van der Waals surface area contributed by atoms with Gasteiger partial charge in [0, 0.05) is 12.6 Å². The van der Waals surface area contributed by atoms with Gasteiger partial charge in [-0.15, -0.1) is 0 Å². The van der Waals surface area contributed by atoms with Gasteiger partial charge in [-0.05, 0) is 36.4 Å². The highest BCUT2D eigenvalue weighted by molar-refractivity contribution is 5.20. The highest BCUT2D eigenvalue weighted by Gasteiger charge is 2.23. The number of hydrogen-bond donors (Lipinski definition) is 1. The minimum absolute atomic E-state index is 0.00861. The SMILES string of the molecule is CCNCC(C)(CC)Cc1ccc(F)cc1F. The molecule has 1 aromatic rings. The topological polar surface area (TPSA) is 12.0 Å². The maximum atomic E-state index is 13.6. The molecule has 0 fully saturated rings. The van der Waals surface area contributed by atoms with Crippen molar-refractivity contribution < 1.29 is 8.78 Å². The van der Waals surface area contributed by atoms with Crippen molar-refractivity contribution >= 4 is 0 Å². The number of hydrogen-bond acceptors (Lipinski definition) is 1. The molecule has 1 aromatic carbocycles. The number of halogens is 2. The molecule has 96 valence electrons. The minimum Gasteiger partial charge on any atom is -0.316 e. The number of nitrogens with one attached hydrogen (secondary N) is 1. The van der Waals surface area contributed by atoms with Crippen molar-refractivity contribution in [1.82, 2.24) is 5.32 Å². The lowest BCUT2D eigenvalue weighted by Crippen LogP contribution is -2.33. The highest BCUT2D eigenvalue weighted by atomic mass is 19.1. The molecule has 1 N–H and O–H groups in total. The Kier molecular flexibility index (Phi) is 5.06. The van der Waals surface area contributed by atoms with Crippen molar-refractivity contribution in [1.29, 1.82) is 0 Å². The predicted octanol–water partition coefficient (Wildman–Crippen LogP) is 3.53. The van der Waals surface area contributed by atoms with Crippen LogP contribution >= 0.6 is 0 Å². The largest absolute Gasteiger partial charge is 0.316 e. The molecule has 0 aliphatic carbocycles. The van der Waals surface area contributed by atoms with Gasteiger partial charge in [0.15, 0.2) is 0 Å². The summed E-state index contributed by atoms with van der Waals surface area (Å²) in [5, 5.41) is 3.29. The Hall–Kier alpha value is -0.960. The van der Waals surface area contributed by atoms with E-state index in [4.69, 9.17) is 0 Å². The van der Waals surface area contributed by atoms with E-state index in [1.54, 1.807) is 6.07 Å². The third-order valence-electron chi connectivity index (χ3n) is 3.29. The zero-order chi connectivity index (χ0) is 12.9. The number of benzene rings is 1. The quantitative estimate of drug-likeness (QED) is 0.803. The van der Waals surface area contributed by atoms with Crippen LogP contribution in [0, 0.1) is 17.0 Å². The lowest BCUT2D eigenvalue weighted by atomic mass is 9.81. The van der Waals surface area contributed by atoms with Crippen LogP contribution in [0.5, 0.6) is 0 Å². The standard InChI is InChI=1S/C14H21F2N/c1-4-14(3,10-17-5-2)9-11-6-7-12(15)8-13(11)16/h6-8,17H,4-5,9-10H2,1-3H3. The van der Waals surface area contributed by atoms with Crippen molar-refractivity contribution in [2.75, 3.05) is 13.1 Å². The summed E-state index contributed by atoms with van der Waals surface area (Å²) < 4.78 is 26.4. The lowest BCUT2D eigenvalue weighted by molar-refractivity contribution is 0.289. The zero-order valence-electron chi connectivity index (χ0n) is 10.8. The van der Waals surface area contributed by atoms with E-state index in [1.807, 2.05) is 0 Å². The third-order valence-corrected chi connectivity index (χ3v) is 3.29. The van der Waals surface area contributed by atoms with E-state index < -0.39 is 11.6 Å². The normalized spacial score (nSPS) is 14.6. The van der Waals surface area contributed by atoms with Gasteiger partial charge < -0.3 is 5.32 Å². The van der Waals surface area contributed by atoms with Gasteiger partial charge in [-0.2, -0.15) is 0 Å². The van der Waals surface area contributed by atoms with Crippen LogP contribution in [0.25, 0.3) is 0 Å². The second-order valence-corrected chi connectivity index (χ2v) is 4.86. The fourth-order valence-electron chi connectivity index (χ4n) is 1.86. The molecular weight excluding hydrogens is 220 g/mol. The smallest absolute Gasteiger partial charge is 0.129 e. The molecule has 1 unspecified atom stereocenters. The fourth-order valence-corrected chi connectivity index (χ4v) is 1.86. The van der Waals surface area contributed by atoms with Gasteiger partial charge in [-0.1, -0.05) is 26.8 Å². The molecule has 0 saturated heterocycles. The van der Waals surface area contributed by atoms with Crippen LogP contribution in [0.2, 0.25) is 0 Å². The van der Waals surface area contributed by atoms with Crippen molar-refractivity contribution in [3.05, 3.63) is 35.4 Å². The van der Waals surface area contributed by atoms with E-state index in [0.29, 0.717) is 12.0 Å². The van der Waals surface area contributed by atoms with Gasteiger partial charge >= 0.3 is 0 Å². The maximum absolute atomic E-state index is 13.6. The summed E-state index contributed by atoms with van der Waals surface area (Å²) >= 11 is 0. The predicted molar refractivity (Wildman–Crippen MR) is 67.0 cm³/mol. The molecule has 1 nitrogen and oxygen atoms in total. The first-order chi connectivity index (χ1) is 8.00. The minimum atomic E-state index is -0.517. The molecule has 0 saturated carbocycles. The Morgan fingerprint density at radius 1 is 1.24 bits per heavy atom. The monoisotopic (exact) mass is 241 g/mol. The molecule has 0 heterocycles. The first-order valence-corrected chi connectivity index (χ1v) is 6.15. The van der Waals surface area contributed by atoms with Gasteiger partial charge in [-0.25, -0.2) is 8.78 Å². The molecule has 0 bridgehead atoms. The van der Waals surface area contributed by atoms with Gasteiger partial charge in [0.05, 0.1) is 0 Å². The average molecular weight is 241 g/mol. The van der Waals surface area contributed by atoms with Crippen LogP contribution in [-0.4, -0.2) is 13.1 Å². The van der Waals surface area contributed by atoms with Crippen molar-refractivity contribution in [2.24, 2.45) is 5.41 Å². The molecule has 3 heteroatoms. The summed E-state index contributed by atoms with van der Waals surface area (Å²) in [6, 6.07) is 3.82. The van der Waals surface area contributed by atoms with Crippen LogP contribution in [-0.2, 0) is 6.42 Å². The first kappa shape index (κ1) is 14.1. The highest BCUT2D eigenvalue weighted by Crippen LogP contribution is 2.27. The summed E-state index contributed by atoms with van der Waals surface area (Å²) in [6.45, 7) is 8.02. The van der Waals surface area contributed by atoms with E-state index in [9.17, 15) is 8.78 Å². The third kappa shape index (κ3) is 4.08. The molecule has 1 atom stereocenters. The zero-order valence-corrected chi connectivity index (χ0v) is 10.8. The Labute approximate surface area is 102 Å². The van der Waals surface area contributed by atoms with Crippen LogP contribution in [0.4, 0.5) is 8.78 Å². The van der Waals surface area contributed by atoms with E-state index >= 15 is 0 Å². The molecule has 0 spiro atoms. The summed E-state index contributed by atoms with van der Waals surface area (Å²) in [7, 11) is 0. The number of rotatable bonds is 6. The molecule has 17 heavy (non-hydrogen) atoms. The van der Waals surface area contributed by atoms with E-state index in [0.717, 1.165) is 25.6 Å². The summed E-state index contributed by atoms with van der Waals surface area (Å²) in [4.78, 5) is 0. The second kappa shape index (κ2) is 6.10. The lowest BCUT2D eigenvalue weighted by Gasteiger charge is -2.28. The Bertz CT molecular complexity index is 365. The van der Waals surface area contributed by atoms with Crippen LogP contribution in [0.15, 0.2) is 18.2 Å². The Morgan fingerprint density at radius 3 is 2.47 bits per heavy atom. The van der Waals surface area contributed by atoms with Crippen LogP contribution in [0.1, 0.15) is 32.8 Å². The molecule has 0 aliphatic rings. The maximum Gasteiger partial charge on any atom is 0.129 e. The average Bonchev–Trinajstić information content (AvgIpc) is 2.30. The van der Waals surface area contributed by atoms with E-state index in [2.05, 4.69) is 26.1 Å². The van der Waals surface area contributed by atoms with Gasteiger partial charge in [0.25, 0.3) is 0 Å². The summed E-state index contributed by atoms with van der Waals surface area (Å²) in [5.74, 6) is -0.961. The molecule has 0 aliphatic heterocycles. The van der Waals surface area contributed by atoms with Gasteiger partial charge in [0.1, 0.15) is 11.6 Å². The fraction of sp³-hybridized carbons (Fsp3) is 0.571. The molecule has 1 rings (SSSR count). The van der Waals surface area contributed by atoms with E-state index in [1.165, 1.54) is 6.07 Å². The Balaban J connectivity index is 2.79. The summed E-state index contributed by atoms with van der Waals surface area (Å²) in [6.07, 6.45) is 1.58. The molecule has 0 amide bonds. The first-order valence-electron chi connectivity index (χ1n) is 6.15. The molecule has 0 aromatic heterocycles. The van der Waals surface area contributed by atoms with Crippen molar-refractivity contribution in [3.63, 3.8) is 0 Å². The second-order valence-electron chi connectivity index (χ2n) is 4.86. The molecular formula is C14H21F2N. The van der Waals surface area contributed by atoms with Crippen LogP contribution in [0.3, 0.4) is 0 Å².